The van der Waals surface area contributed by atoms with E-state index in [4.69, 9.17) is 21.1 Å². The Morgan fingerprint density at radius 2 is 1.59 bits per heavy atom. The summed E-state index contributed by atoms with van der Waals surface area (Å²) in [5.41, 5.74) is 6.97. The molecule has 196 valence electrons. The molecule has 0 unspecified atom stereocenters. The molecule has 0 saturated heterocycles. The highest BCUT2D eigenvalue weighted by molar-refractivity contribution is 6.30. The molecule has 5 nitrogen and oxygen atoms in total. The Kier molecular flexibility index (Phi) is 6.53. The van der Waals surface area contributed by atoms with Gasteiger partial charge in [-0.05, 0) is 60.0 Å². The first-order chi connectivity index (χ1) is 19.0. The number of hydrogen-bond acceptors (Lipinski definition) is 3. The lowest BCUT2D eigenvalue weighted by Gasteiger charge is -2.27. The number of aromatic nitrogens is 1. The predicted octanol–water partition coefficient (Wildman–Crippen LogP) is 7.30. The first-order valence-corrected chi connectivity index (χ1v) is 13.3. The predicted molar refractivity (Wildman–Crippen MR) is 156 cm³/mol. The number of halogens is 1. The molecular formula is C33H29ClN2O3. The van der Waals surface area contributed by atoms with Crippen molar-refractivity contribution in [3.8, 4) is 22.8 Å². The van der Waals surface area contributed by atoms with Crippen molar-refractivity contribution in [1.29, 1.82) is 0 Å². The van der Waals surface area contributed by atoms with Crippen LogP contribution in [0, 0.1) is 0 Å². The van der Waals surface area contributed by atoms with Gasteiger partial charge in [-0.25, -0.2) is 0 Å². The van der Waals surface area contributed by atoms with E-state index in [1.165, 1.54) is 0 Å². The molecular weight excluding hydrogens is 508 g/mol. The average Bonchev–Trinajstić information content (AvgIpc) is 3.42. The smallest absolute Gasteiger partial charge is 0.255 e. The maximum Gasteiger partial charge on any atom is 0.255 e. The van der Waals surface area contributed by atoms with Gasteiger partial charge in [0, 0.05) is 46.2 Å². The molecule has 0 spiro atoms. The second kappa shape index (κ2) is 10.2. The number of rotatable bonds is 7. The van der Waals surface area contributed by atoms with Gasteiger partial charge in [0.2, 0.25) is 0 Å². The van der Waals surface area contributed by atoms with Crippen LogP contribution in [0.25, 0.3) is 22.2 Å². The van der Waals surface area contributed by atoms with Crippen LogP contribution in [-0.4, -0.2) is 36.1 Å². The molecule has 0 bridgehead atoms. The Hall–Kier alpha value is -4.22. The maximum atomic E-state index is 13.9. The molecule has 0 saturated carbocycles. The van der Waals surface area contributed by atoms with Crippen molar-refractivity contribution in [1.82, 2.24) is 9.47 Å². The lowest BCUT2D eigenvalue weighted by molar-refractivity contribution is 0.0753. The lowest BCUT2D eigenvalue weighted by Crippen LogP contribution is -2.31. The van der Waals surface area contributed by atoms with E-state index in [0.717, 1.165) is 62.3 Å². The van der Waals surface area contributed by atoms with Gasteiger partial charge in [-0.2, -0.15) is 0 Å². The van der Waals surface area contributed by atoms with Gasteiger partial charge in [0.1, 0.15) is 11.5 Å². The van der Waals surface area contributed by atoms with Crippen LogP contribution in [0.2, 0.25) is 5.02 Å². The average molecular weight is 537 g/mol. The minimum absolute atomic E-state index is 0.0426. The van der Waals surface area contributed by atoms with Gasteiger partial charge >= 0.3 is 0 Å². The number of para-hydroxylation sites is 1. The number of aryl methyl sites for hydroxylation is 1. The first kappa shape index (κ1) is 25.1. The monoisotopic (exact) mass is 536 g/mol. The highest BCUT2D eigenvalue weighted by Gasteiger charge is 2.40. The summed E-state index contributed by atoms with van der Waals surface area (Å²) in [5, 5.41) is 1.81. The summed E-state index contributed by atoms with van der Waals surface area (Å²) >= 11 is 6.12. The number of hydrogen-bond donors (Lipinski definition) is 0. The van der Waals surface area contributed by atoms with Gasteiger partial charge in [-0.1, -0.05) is 60.1 Å². The van der Waals surface area contributed by atoms with Gasteiger partial charge in [0.05, 0.1) is 26.0 Å². The molecule has 4 aromatic carbocycles. The van der Waals surface area contributed by atoms with Crippen molar-refractivity contribution in [2.75, 3.05) is 20.8 Å². The van der Waals surface area contributed by atoms with Crippen LogP contribution < -0.4 is 9.47 Å². The molecule has 39 heavy (non-hydrogen) atoms. The second-order valence-electron chi connectivity index (χ2n) is 9.77. The fourth-order valence-corrected chi connectivity index (χ4v) is 5.96. The summed E-state index contributed by atoms with van der Waals surface area (Å²) in [6, 6.07) is 29.7. The number of amides is 1. The SMILES string of the molecule is COc1ccc(OC)c(-c2c([C@@H]3c4ccccc4C(=O)N3CCc3ccc(Cl)cc3)c3ccccc3n2C)c1. The van der Waals surface area contributed by atoms with Gasteiger partial charge in [-0.15, -0.1) is 0 Å². The van der Waals surface area contributed by atoms with E-state index < -0.39 is 0 Å². The van der Waals surface area contributed by atoms with Crippen LogP contribution in [0.4, 0.5) is 0 Å². The molecule has 0 fully saturated rings. The highest BCUT2D eigenvalue weighted by Crippen LogP contribution is 2.48. The van der Waals surface area contributed by atoms with Crippen molar-refractivity contribution in [2.24, 2.45) is 7.05 Å². The molecule has 6 heteroatoms. The van der Waals surface area contributed by atoms with E-state index in [-0.39, 0.29) is 11.9 Å². The minimum atomic E-state index is -0.266. The molecule has 6 rings (SSSR count). The third kappa shape index (κ3) is 4.23. The van der Waals surface area contributed by atoms with Crippen LogP contribution in [-0.2, 0) is 13.5 Å². The fraction of sp³-hybridized carbons (Fsp3) is 0.182. The Labute approximate surface area is 233 Å². The molecule has 1 atom stereocenters. The summed E-state index contributed by atoms with van der Waals surface area (Å²) < 4.78 is 13.6. The molecule has 5 aromatic rings. The number of carbonyl (C=O) groups is 1. The van der Waals surface area contributed by atoms with Gasteiger partial charge in [0.15, 0.2) is 0 Å². The lowest BCUT2D eigenvalue weighted by atomic mass is 9.92. The van der Waals surface area contributed by atoms with Crippen LogP contribution in [0.5, 0.6) is 11.5 Å². The molecule has 2 heterocycles. The summed E-state index contributed by atoms with van der Waals surface area (Å²) in [6.45, 7) is 0.567. The molecule has 1 aliphatic heterocycles. The first-order valence-electron chi connectivity index (χ1n) is 13.0. The van der Waals surface area contributed by atoms with E-state index in [1.54, 1.807) is 14.2 Å². The van der Waals surface area contributed by atoms with Crippen LogP contribution in [0.15, 0.2) is 91.0 Å². The van der Waals surface area contributed by atoms with E-state index in [0.29, 0.717) is 11.6 Å². The van der Waals surface area contributed by atoms with Gasteiger partial charge < -0.3 is 18.9 Å². The van der Waals surface area contributed by atoms with E-state index in [9.17, 15) is 4.79 Å². The number of benzene rings is 4. The van der Waals surface area contributed by atoms with Crippen LogP contribution in [0.1, 0.15) is 33.1 Å². The quantitative estimate of drug-likeness (QED) is 0.219. The van der Waals surface area contributed by atoms with E-state index >= 15 is 0 Å². The number of carbonyl (C=O) groups excluding carboxylic acids is 1. The van der Waals surface area contributed by atoms with Crippen molar-refractivity contribution in [2.45, 2.75) is 12.5 Å². The molecule has 1 aliphatic rings. The van der Waals surface area contributed by atoms with Crippen molar-refractivity contribution < 1.29 is 14.3 Å². The van der Waals surface area contributed by atoms with Crippen molar-refractivity contribution in [3.63, 3.8) is 0 Å². The Morgan fingerprint density at radius 3 is 2.36 bits per heavy atom. The fourth-order valence-electron chi connectivity index (χ4n) is 5.84. The molecule has 0 radical (unpaired) electrons. The minimum Gasteiger partial charge on any atom is -0.497 e. The molecule has 1 aromatic heterocycles. The zero-order chi connectivity index (χ0) is 27.1. The summed E-state index contributed by atoms with van der Waals surface area (Å²) in [5.74, 6) is 1.53. The molecule has 0 aliphatic carbocycles. The third-order valence-electron chi connectivity index (χ3n) is 7.69. The largest absolute Gasteiger partial charge is 0.497 e. The number of nitrogens with zero attached hydrogens (tertiary/aromatic N) is 2. The third-order valence-corrected chi connectivity index (χ3v) is 7.95. The molecule has 1 amide bonds. The Morgan fingerprint density at radius 1 is 0.846 bits per heavy atom. The highest BCUT2D eigenvalue weighted by atomic mass is 35.5. The van der Waals surface area contributed by atoms with Crippen LogP contribution >= 0.6 is 11.6 Å². The van der Waals surface area contributed by atoms with E-state index in [1.807, 2.05) is 71.6 Å². The van der Waals surface area contributed by atoms with Crippen molar-refractivity contribution >= 4 is 28.4 Å². The summed E-state index contributed by atoms with van der Waals surface area (Å²) in [7, 11) is 5.42. The van der Waals surface area contributed by atoms with Gasteiger partial charge in [0.25, 0.3) is 5.91 Å². The van der Waals surface area contributed by atoms with Crippen molar-refractivity contribution in [3.05, 3.63) is 118 Å². The number of ether oxygens (including phenoxy) is 2. The van der Waals surface area contributed by atoms with Gasteiger partial charge in [-0.3, -0.25) is 4.79 Å². The standard InChI is InChI=1S/C33H29ClN2O3/c1-35-28-11-7-6-10-26(28)30(31(35)27-20-23(38-2)16-17-29(27)39-3)32-24-8-4-5-9-25(24)33(37)36(32)19-18-21-12-14-22(34)15-13-21/h4-17,20,32H,18-19H2,1-3H3/t32-/m0/s1. The maximum absolute atomic E-state index is 13.9. The Balaban J connectivity index is 1.58. The zero-order valence-electron chi connectivity index (χ0n) is 22.1. The van der Waals surface area contributed by atoms with E-state index in [2.05, 4.69) is 35.9 Å². The normalized spacial score (nSPS) is 14.6. The second-order valence-corrected chi connectivity index (χ2v) is 10.2. The number of methoxy groups -OCH3 is 2. The number of fused-ring (bicyclic) bond motifs is 2. The zero-order valence-corrected chi connectivity index (χ0v) is 22.9. The summed E-state index contributed by atoms with van der Waals surface area (Å²) in [6.07, 6.45) is 0.718. The van der Waals surface area contributed by atoms with Crippen LogP contribution in [0.3, 0.4) is 0 Å². The topological polar surface area (TPSA) is 43.7 Å². The summed E-state index contributed by atoms with van der Waals surface area (Å²) in [4.78, 5) is 15.9. The molecule has 0 N–H and O–H groups in total. The Bertz CT molecular complexity index is 1690.